The van der Waals surface area contributed by atoms with Gasteiger partial charge in [-0.05, 0) is 38.8 Å². The number of aryl methyl sites for hydroxylation is 1. The van der Waals surface area contributed by atoms with E-state index in [0.29, 0.717) is 27.6 Å². The molecule has 3 heterocycles. The lowest BCUT2D eigenvalue weighted by atomic mass is 10.2. The number of carbonyl (C=O) groups is 1. The summed E-state index contributed by atoms with van der Waals surface area (Å²) in [5, 5.41) is 1.25. The quantitative estimate of drug-likeness (QED) is 0.543. The molecule has 7 heteroatoms. The molecule has 4 rings (SSSR count). The van der Waals surface area contributed by atoms with Crippen molar-refractivity contribution in [1.29, 1.82) is 0 Å². The van der Waals surface area contributed by atoms with Crippen molar-refractivity contribution in [3.05, 3.63) is 40.3 Å². The Bertz CT molecular complexity index is 942. The highest BCUT2D eigenvalue weighted by atomic mass is 35.5. The number of hydrogen-bond donors (Lipinski definition) is 1. The highest BCUT2D eigenvalue weighted by Crippen LogP contribution is 2.38. The number of nitrogens with one attached hydrogen (secondary N) is 1. The number of ketones is 1. The second-order valence-electron chi connectivity index (χ2n) is 6.16. The minimum Gasteiger partial charge on any atom is -0.345 e. The number of Topliss-reactive ketones (excluding diaryl/α,β-unsaturated/α-hetero) is 1. The van der Waals surface area contributed by atoms with Crippen LogP contribution in [0.5, 0.6) is 0 Å². The molecular weight excluding hydrogens is 344 g/mol. The topological polar surface area (TPSA) is 63.6 Å². The lowest BCUT2D eigenvalue weighted by Gasteiger charge is -2.07. The lowest BCUT2D eigenvalue weighted by Crippen LogP contribution is -2.06. The molecule has 124 valence electrons. The number of nitrogens with zero attached hydrogens (tertiary/aromatic N) is 3. The Morgan fingerprint density at radius 1 is 1.42 bits per heavy atom. The van der Waals surface area contributed by atoms with E-state index in [4.69, 9.17) is 11.6 Å². The molecule has 0 unspecified atom stereocenters. The van der Waals surface area contributed by atoms with Crippen LogP contribution in [0.25, 0.3) is 11.2 Å². The van der Waals surface area contributed by atoms with Gasteiger partial charge in [-0.2, -0.15) is 0 Å². The van der Waals surface area contributed by atoms with Gasteiger partial charge in [-0.1, -0.05) is 23.4 Å². The van der Waals surface area contributed by atoms with Gasteiger partial charge in [-0.15, -0.1) is 0 Å². The molecule has 5 nitrogen and oxygen atoms in total. The highest BCUT2D eigenvalue weighted by Gasteiger charge is 2.28. The Hall–Kier alpha value is -1.79. The molecule has 1 aliphatic carbocycles. The number of rotatable bonds is 5. The van der Waals surface area contributed by atoms with E-state index in [2.05, 4.69) is 26.4 Å². The van der Waals surface area contributed by atoms with Crippen LogP contribution in [0.4, 0.5) is 0 Å². The van der Waals surface area contributed by atoms with Crippen molar-refractivity contribution in [3.63, 3.8) is 0 Å². The summed E-state index contributed by atoms with van der Waals surface area (Å²) in [5.41, 5.74) is 4.47. The molecule has 1 saturated carbocycles. The molecule has 1 N–H and O–H groups in total. The molecule has 3 aromatic heterocycles. The van der Waals surface area contributed by atoms with Crippen LogP contribution < -0.4 is 0 Å². The average Bonchev–Trinajstić information content (AvgIpc) is 3.21. The van der Waals surface area contributed by atoms with E-state index in [9.17, 15) is 4.79 Å². The summed E-state index contributed by atoms with van der Waals surface area (Å²) in [7, 11) is 0. The first-order chi connectivity index (χ1) is 11.5. The fourth-order valence-corrected chi connectivity index (χ4v) is 4.00. The maximum absolute atomic E-state index is 12.6. The molecule has 3 aromatic rings. The van der Waals surface area contributed by atoms with Crippen LogP contribution in [0.2, 0.25) is 5.02 Å². The smallest absolute Gasteiger partial charge is 0.178 e. The Labute approximate surface area is 148 Å². The molecule has 0 amide bonds. The third-order valence-corrected chi connectivity index (χ3v) is 5.40. The lowest BCUT2D eigenvalue weighted by molar-refractivity contribution is 0.102. The molecule has 0 aliphatic heterocycles. The Morgan fingerprint density at radius 2 is 2.21 bits per heavy atom. The second kappa shape index (κ2) is 5.93. The predicted octanol–water partition coefficient (Wildman–Crippen LogP) is 4.34. The van der Waals surface area contributed by atoms with Crippen LogP contribution >= 0.6 is 23.4 Å². The summed E-state index contributed by atoms with van der Waals surface area (Å²) in [6, 6.07) is 4.38. The Morgan fingerprint density at radius 3 is 2.96 bits per heavy atom. The van der Waals surface area contributed by atoms with Crippen LogP contribution in [0.3, 0.4) is 0 Å². The van der Waals surface area contributed by atoms with E-state index in [0.717, 1.165) is 16.8 Å². The molecular formula is C17H17ClN4OS. The normalized spacial score (nSPS) is 14.5. The van der Waals surface area contributed by atoms with Crippen molar-refractivity contribution in [2.45, 2.75) is 37.9 Å². The number of carbonyl (C=O) groups excluding carboxylic acids is 1. The molecule has 1 fully saturated rings. The summed E-state index contributed by atoms with van der Waals surface area (Å²) in [6.07, 6.45) is 4.00. The first kappa shape index (κ1) is 15.7. The van der Waals surface area contributed by atoms with Crippen LogP contribution in [0.1, 0.15) is 40.6 Å². The fraction of sp³-hybridized carbons (Fsp3) is 0.353. The van der Waals surface area contributed by atoms with Crippen LogP contribution in [-0.2, 0) is 0 Å². The summed E-state index contributed by atoms with van der Waals surface area (Å²) in [4.78, 5) is 24.3. The average molecular weight is 361 g/mol. The molecule has 24 heavy (non-hydrogen) atoms. The van der Waals surface area contributed by atoms with Gasteiger partial charge in [0.15, 0.2) is 16.6 Å². The van der Waals surface area contributed by atoms with Gasteiger partial charge in [-0.25, -0.2) is 9.97 Å². The van der Waals surface area contributed by atoms with Crippen molar-refractivity contribution in [2.24, 2.45) is 0 Å². The summed E-state index contributed by atoms with van der Waals surface area (Å²) < 4.78 is 2.30. The van der Waals surface area contributed by atoms with Gasteiger partial charge < -0.3 is 9.55 Å². The molecule has 1 aliphatic rings. The van der Waals surface area contributed by atoms with Gasteiger partial charge >= 0.3 is 0 Å². The zero-order valence-electron chi connectivity index (χ0n) is 13.5. The first-order valence-corrected chi connectivity index (χ1v) is 9.25. The molecule has 0 atom stereocenters. The van der Waals surface area contributed by atoms with Gasteiger partial charge in [0.05, 0.1) is 16.3 Å². The SMILES string of the molecule is Cc1cc(C(=O)CSc2nc3ncc(Cl)cc3[nH]2)c(C)n1C1CC1. The van der Waals surface area contributed by atoms with E-state index >= 15 is 0 Å². The van der Waals surface area contributed by atoms with Gasteiger partial charge in [0, 0.05) is 29.2 Å². The molecule has 0 spiro atoms. The monoisotopic (exact) mass is 360 g/mol. The number of aromatic nitrogens is 4. The van der Waals surface area contributed by atoms with Gasteiger partial charge in [0.2, 0.25) is 0 Å². The number of hydrogen-bond acceptors (Lipinski definition) is 4. The minimum absolute atomic E-state index is 0.131. The maximum atomic E-state index is 12.6. The number of fused-ring (bicyclic) bond motifs is 1. The number of H-pyrrole nitrogens is 1. The summed E-state index contributed by atoms with van der Waals surface area (Å²) in [6.45, 7) is 4.11. The number of halogens is 1. The van der Waals surface area contributed by atoms with E-state index in [-0.39, 0.29) is 5.78 Å². The van der Waals surface area contributed by atoms with E-state index in [1.165, 1.54) is 30.3 Å². The van der Waals surface area contributed by atoms with E-state index in [1.807, 2.05) is 13.0 Å². The summed E-state index contributed by atoms with van der Waals surface area (Å²) in [5.74, 6) is 0.481. The van der Waals surface area contributed by atoms with Crippen molar-refractivity contribution < 1.29 is 4.79 Å². The number of imidazole rings is 1. The zero-order chi connectivity index (χ0) is 16.8. The third-order valence-electron chi connectivity index (χ3n) is 4.32. The van der Waals surface area contributed by atoms with Crippen LogP contribution in [0, 0.1) is 13.8 Å². The van der Waals surface area contributed by atoms with Gasteiger partial charge in [-0.3, -0.25) is 4.79 Å². The van der Waals surface area contributed by atoms with Gasteiger partial charge in [0.25, 0.3) is 0 Å². The Balaban J connectivity index is 1.50. The molecule has 0 saturated heterocycles. The second-order valence-corrected chi connectivity index (χ2v) is 7.56. The van der Waals surface area contributed by atoms with Crippen LogP contribution in [0.15, 0.2) is 23.5 Å². The fourth-order valence-electron chi connectivity index (χ4n) is 3.09. The zero-order valence-corrected chi connectivity index (χ0v) is 15.0. The highest BCUT2D eigenvalue weighted by molar-refractivity contribution is 7.99. The minimum atomic E-state index is 0.131. The van der Waals surface area contributed by atoms with E-state index < -0.39 is 0 Å². The third kappa shape index (κ3) is 2.84. The van der Waals surface area contributed by atoms with Crippen molar-refractivity contribution >= 4 is 40.3 Å². The number of pyridine rings is 1. The maximum Gasteiger partial charge on any atom is 0.178 e. The molecule has 0 aromatic carbocycles. The van der Waals surface area contributed by atoms with Crippen molar-refractivity contribution in [2.75, 3.05) is 5.75 Å². The first-order valence-electron chi connectivity index (χ1n) is 7.88. The Kier molecular flexibility index (Phi) is 3.89. The molecule has 0 bridgehead atoms. The van der Waals surface area contributed by atoms with Crippen LogP contribution in [-0.4, -0.2) is 31.1 Å². The molecule has 0 radical (unpaired) electrons. The standard InChI is InChI=1S/C17H17ClN4OS/c1-9-5-13(10(2)22(9)12-3-4-12)15(23)8-24-17-20-14-6-11(18)7-19-16(14)21-17/h5-7,12H,3-4,8H2,1-2H3,(H,19,20,21). The van der Waals surface area contributed by atoms with Gasteiger partial charge in [0.1, 0.15) is 0 Å². The largest absolute Gasteiger partial charge is 0.345 e. The number of aromatic amines is 1. The number of thioether (sulfide) groups is 1. The van der Waals surface area contributed by atoms with E-state index in [1.54, 1.807) is 12.3 Å². The van der Waals surface area contributed by atoms with Crippen molar-refractivity contribution in [3.8, 4) is 0 Å². The predicted molar refractivity (Wildman–Crippen MR) is 96.1 cm³/mol. The summed E-state index contributed by atoms with van der Waals surface area (Å²) >= 11 is 7.32. The van der Waals surface area contributed by atoms with Crippen molar-refractivity contribution in [1.82, 2.24) is 19.5 Å².